The first-order chi connectivity index (χ1) is 17.4. The molecule has 1 aromatic carbocycles. The molecule has 3 heterocycles. The van der Waals surface area contributed by atoms with Gasteiger partial charge in [0.05, 0.1) is 23.0 Å². The third kappa shape index (κ3) is 4.66. The monoisotopic (exact) mass is 492 g/mol. The van der Waals surface area contributed by atoms with Crippen molar-refractivity contribution in [2.24, 2.45) is 5.92 Å². The number of likely N-dealkylation sites (tertiary alicyclic amines) is 1. The summed E-state index contributed by atoms with van der Waals surface area (Å²) in [7, 11) is 1.75. The molecule has 1 amide bonds. The number of aliphatic hydroxyl groups excluding tert-OH is 1. The maximum Gasteiger partial charge on any atom is 0.256 e. The quantitative estimate of drug-likeness (QED) is 0.527. The van der Waals surface area contributed by atoms with Crippen LogP contribution >= 0.6 is 0 Å². The van der Waals surface area contributed by atoms with Crippen LogP contribution in [-0.2, 0) is 0 Å². The van der Waals surface area contributed by atoms with Crippen LogP contribution in [-0.4, -0.2) is 69.2 Å². The zero-order chi connectivity index (χ0) is 25.4. The molecule has 1 saturated carbocycles. The third-order valence-corrected chi connectivity index (χ3v) is 8.41. The number of nitrogens with zero attached hydrogens (tertiary/aromatic N) is 4. The van der Waals surface area contributed by atoms with Gasteiger partial charge in [0.25, 0.3) is 5.91 Å². The number of aromatic nitrogens is 2. The van der Waals surface area contributed by atoms with Gasteiger partial charge in [-0.2, -0.15) is 0 Å². The van der Waals surface area contributed by atoms with Crippen molar-refractivity contribution >= 4 is 16.8 Å². The molecule has 1 aliphatic heterocycles. The standard InChI is InChI=1S/C29H37FN4O2/c1-19(2)32(3)29(36)25-14-22(30)6-9-27(25)34-17-26(24-10-12-31-15-28(24)34)21-4-7-23(8-5-21)33-13-11-20(16-33)18-35/h6,9-10,12,14-15,17,19-21,23,35H,4-5,7-8,11,13,16,18H2,1-3H3/t20-,21?,23?/m1/s1. The summed E-state index contributed by atoms with van der Waals surface area (Å²) >= 11 is 0. The maximum absolute atomic E-state index is 14.3. The Balaban J connectivity index is 1.46. The zero-order valence-corrected chi connectivity index (χ0v) is 21.5. The molecule has 1 aliphatic carbocycles. The maximum atomic E-state index is 14.3. The molecule has 2 aliphatic rings. The number of aliphatic hydroxyl groups is 1. The summed E-state index contributed by atoms with van der Waals surface area (Å²) < 4.78 is 16.3. The van der Waals surface area contributed by atoms with Gasteiger partial charge in [0, 0.05) is 50.1 Å². The highest BCUT2D eigenvalue weighted by molar-refractivity contribution is 5.99. The molecule has 5 rings (SSSR count). The third-order valence-electron chi connectivity index (χ3n) is 8.41. The Labute approximate surface area is 212 Å². The van der Waals surface area contributed by atoms with Crippen molar-refractivity contribution in [1.29, 1.82) is 0 Å². The highest BCUT2D eigenvalue weighted by Gasteiger charge is 2.32. The van der Waals surface area contributed by atoms with E-state index in [2.05, 4.69) is 22.1 Å². The van der Waals surface area contributed by atoms with E-state index >= 15 is 0 Å². The molecule has 6 nitrogen and oxygen atoms in total. The van der Waals surface area contributed by atoms with E-state index in [-0.39, 0.29) is 11.9 Å². The summed E-state index contributed by atoms with van der Waals surface area (Å²) in [5.41, 5.74) is 3.25. The highest BCUT2D eigenvalue weighted by atomic mass is 19.1. The molecule has 1 N–H and O–H groups in total. The molecule has 0 radical (unpaired) electrons. The van der Waals surface area contributed by atoms with Crippen LogP contribution in [0.4, 0.5) is 4.39 Å². The Kier molecular flexibility index (Phi) is 7.13. The van der Waals surface area contributed by atoms with Gasteiger partial charge in [-0.05, 0) is 94.2 Å². The van der Waals surface area contributed by atoms with E-state index < -0.39 is 5.82 Å². The molecule has 2 aromatic heterocycles. The van der Waals surface area contributed by atoms with Crippen molar-refractivity contribution in [3.8, 4) is 5.69 Å². The predicted molar refractivity (Wildman–Crippen MR) is 140 cm³/mol. The topological polar surface area (TPSA) is 61.6 Å². The molecule has 7 heteroatoms. The molecule has 0 bridgehead atoms. The summed E-state index contributed by atoms with van der Waals surface area (Å²) in [6, 6.07) is 7.13. The van der Waals surface area contributed by atoms with Crippen molar-refractivity contribution in [2.45, 2.75) is 64.0 Å². The van der Waals surface area contributed by atoms with E-state index in [0.29, 0.717) is 35.7 Å². The van der Waals surface area contributed by atoms with Crippen LogP contribution in [0, 0.1) is 11.7 Å². The van der Waals surface area contributed by atoms with E-state index in [0.717, 1.165) is 56.1 Å². The Hall–Kier alpha value is -2.77. The first-order valence-corrected chi connectivity index (χ1v) is 13.2. The largest absolute Gasteiger partial charge is 0.396 e. The van der Waals surface area contributed by atoms with Gasteiger partial charge in [-0.25, -0.2) is 4.39 Å². The average Bonchev–Trinajstić information content (AvgIpc) is 3.53. The number of amides is 1. The summed E-state index contributed by atoms with van der Waals surface area (Å²) in [6.45, 7) is 6.31. The molecule has 1 saturated heterocycles. The number of hydrogen-bond donors (Lipinski definition) is 1. The van der Waals surface area contributed by atoms with Crippen LogP contribution in [0.5, 0.6) is 0 Å². The SMILES string of the molecule is CC(C)N(C)C(=O)c1cc(F)ccc1-n1cc(C2CCC(N3CC[C@@H](CO)C3)CC2)c2ccncc21. The van der Waals surface area contributed by atoms with Gasteiger partial charge in [-0.1, -0.05) is 0 Å². The summed E-state index contributed by atoms with van der Waals surface area (Å²) in [4.78, 5) is 21.9. The first kappa shape index (κ1) is 24.9. The van der Waals surface area contributed by atoms with Gasteiger partial charge in [-0.15, -0.1) is 0 Å². The predicted octanol–water partition coefficient (Wildman–Crippen LogP) is 4.99. The first-order valence-electron chi connectivity index (χ1n) is 13.2. The van der Waals surface area contributed by atoms with Crippen molar-refractivity contribution in [1.82, 2.24) is 19.4 Å². The van der Waals surface area contributed by atoms with Crippen LogP contribution < -0.4 is 0 Å². The minimum absolute atomic E-state index is 0.00528. The second kappa shape index (κ2) is 10.3. The van der Waals surface area contributed by atoms with E-state index in [1.165, 1.54) is 17.7 Å². The summed E-state index contributed by atoms with van der Waals surface area (Å²) in [5, 5.41) is 10.7. The van der Waals surface area contributed by atoms with Crippen LogP contribution in [0.25, 0.3) is 16.6 Å². The smallest absolute Gasteiger partial charge is 0.256 e. The Morgan fingerprint density at radius 3 is 2.67 bits per heavy atom. The van der Waals surface area contributed by atoms with Crippen molar-refractivity contribution in [2.75, 3.05) is 26.7 Å². The van der Waals surface area contributed by atoms with Crippen molar-refractivity contribution in [3.63, 3.8) is 0 Å². The molecule has 3 aromatic rings. The molecule has 192 valence electrons. The van der Waals surface area contributed by atoms with Gasteiger partial charge >= 0.3 is 0 Å². The van der Waals surface area contributed by atoms with E-state index in [1.807, 2.05) is 30.8 Å². The second-order valence-electron chi connectivity index (χ2n) is 10.9. The van der Waals surface area contributed by atoms with E-state index in [1.54, 1.807) is 18.0 Å². The lowest BCUT2D eigenvalue weighted by Crippen LogP contribution is -2.36. The van der Waals surface area contributed by atoms with Crippen LogP contribution in [0.3, 0.4) is 0 Å². The minimum Gasteiger partial charge on any atom is -0.396 e. The number of hydrogen-bond acceptors (Lipinski definition) is 4. The average molecular weight is 493 g/mol. The number of carbonyl (C=O) groups excluding carboxylic acids is 1. The fourth-order valence-corrected chi connectivity index (χ4v) is 6.03. The van der Waals surface area contributed by atoms with Gasteiger partial charge in [0.15, 0.2) is 0 Å². The van der Waals surface area contributed by atoms with Crippen molar-refractivity contribution in [3.05, 3.63) is 59.8 Å². The normalized spacial score (nSPS) is 23.0. The van der Waals surface area contributed by atoms with Crippen LogP contribution in [0.1, 0.15) is 67.8 Å². The lowest BCUT2D eigenvalue weighted by molar-refractivity contribution is 0.0754. The molecular formula is C29H37FN4O2. The number of carbonyl (C=O) groups is 1. The Morgan fingerprint density at radius 1 is 1.19 bits per heavy atom. The number of fused-ring (bicyclic) bond motifs is 1. The molecule has 2 fully saturated rings. The number of rotatable bonds is 6. The lowest BCUT2D eigenvalue weighted by atomic mass is 9.81. The van der Waals surface area contributed by atoms with Gasteiger partial charge in [0.1, 0.15) is 5.82 Å². The van der Waals surface area contributed by atoms with Gasteiger partial charge in [0.2, 0.25) is 0 Å². The molecule has 36 heavy (non-hydrogen) atoms. The summed E-state index contributed by atoms with van der Waals surface area (Å²) in [5.74, 6) is 0.244. The van der Waals surface area contributed by atoms with Gasteiger partial charge < -0.3 is 19.5 Å². The Morgan fingerprint density at radius 2 is 1.97 bits per heavy atom. The minimum atomic E-state index is -0.419. The second-order valence-corrected chi connectivity index (χ2v) is 10.9. The molecule has 0 unspecified atom stereocenters. The molecular weight excluding hydrogens is 455 g/mol. The number of benzene rings is 1. The molecule has 0 spiro atoms. The van der Waals surface area contributed by atoms with Crippen molar-refractivity contribution < 1.29 is 14.3 Å². The molecule has 1 atom stereocenters. The number of halogens is 1. The zero-order valence-electron chi connectivity index (χ0n) is 21.5. The Bertz CT molecular complexity index is 1230. The van der Waals surface area contributed by atoms with Crippen LogP contribution in [0.2, 0.25) is 0 Å². The van der Waals surface area contributed by atoms with Crippen LogP contribution in [0.15, 0.2) is 42.9 Å². The fourth-order valence-electron chi connectivity index (χ4n) is 6.03. The summed E-state index contributed by atoms with van der Waals surface area (Å²) in [6.07, 6.45) is 11.4. The van der Waals surface area contributed by atoms with Gasteiger partial charge in [-0.3, -0.25) is 9.78 Å². The fraction of sp³-hybridized carbons (Fsp3) is 0.517. The number of pyridine rings is 1. The highest BCUT2D eigenvalue weighted by Crippen LogP contribution is 2.40. The lowest BCUT2D eigenvalue weighted by Gasteiger charge is -2.34. The van der Waals surface area contributed by atoms with E-state index in [4.69, 9.17) is 0 Å². The van der Waals surface area contributed by atoms with E-state index in [9.17, 15) is 14.3 Å².